The SMILES string of the molecule is O=P(O)(O)C(F)(F)c1ccc(C(S)c2nnc(-c3ccccc3)o2)cc1Br.[NaH].[NaH]. The van der Waals surface area contributed by atoms with Gasteiger partial charge in [-0.3, -0.25) is 4.57 Å². The zero-order valence-electron chi connectivity index (χ0n) is 13.3. The zero-order chi connectivity index (χ0) is 19.8. The average Bonchev–Trinajstić information content (AvgIpc) is 3.10. The van der Waals surface area contributed by atoms with Crippen LogP contribution in [0.3, 0.4) is 0 Å². The van der Waals surface area contributed by atoms with Crippen LogP contribution in [0, 0.1) is 0 Å². The van der Waals surface area contributed by atoms with Crippen LogP contribution < -0.4 is 0 Å². The summed E-state index contributed by atoms with van der Waals surface area (Å²) in [5.74, 6) is 0.437. The number of benzene rings is 2. The van der Waals surface area contributed by atoms with Gasteiger partial charge in [-0.1, -0.05) is 46.3 Å². The van der Waals surface area contributed by atoms with E-state index in [-0.39, 0.29) is 75.4 Å². The Morgan fingerprint density at radius 1 is 1.10 bits per heavy atom. The van der Waals surface area contributed by atoms with Crippen molar-refractivity contribution in [2.75, 3.05) is 0 Å². The molecule has 2 N–H and O–H groups in total. The van der Waals surface area contributed by atoms with Crippen molar-refractivity contribution < 1.29 is 27.5 Å². The van der Waals surface area contributed by atoms with E-state index in [0.29, 0.717) is 5.56 Å². The number of hydrogen-bond acceptors (Lipinski definition) is 5. The first-order valence-electron chi connectivity index (χ1n) is 7.41. The van der Waals surface area contributed by atoms with E-state index in [1.165, 1.54) is 12.1 Å². The molecule has 0 saturated heterocycles. The Morgan fingerprint density at radius 2 is 1.72 bits per heavy atom. The molecule has 29 heavy (non-hydrogen) atoms. The molecule has 0 bridgehead atoms. The molecule has 1 unspecified atom stereocenters. The van der Waals surface area contributed by atoms with Crippen molar-refractivity contribution in [2.24, 2.45) is 0 Å². The molecular formula is C16H14BrF2N2Na2O4PS. The van der Waals surface area contributed by atoms with E-state index in [1.807, 2.05) is 18.2 Å². The van der Waals surface area contributed by atoms with Crippen molar-refractivity contribution in [3.05, 3.63) is 70.0 Å². The van der Waals surface area contributed by atoms with Gasteiger partial charge in [-0.2, -0.15) is 21.4 Å². The van der Waals surface area contributed by atoms with E-state index in [9.17, 15) is 13.3 Å². The van der Waals surface area contributed by atoms with Gasteiger partial charge in [0.2, 0.25) is 11.8 Å². The minimum absolute atomic E-state index is 0. The molecule has 0 amide bonds. The molecule has 0 saturated carbocycles. The fourth-order valence-electron chi connectivity index (χ4n) is 2.29. The van der Waals surface area contributed by atoms with Gasteiger partial charge in [0.25, 0.3) is 0 Å². The maximum atomic E-state index is 13.9. The van der Waals surface area contributed by atoms with Gasteiger partial charge in [0.1, 0.15) is 5.25 Å². The summed E-state index contributed by atoms with van der Waals surface area (Å²) in [6, 6.07) is 12.5. The van der Waals surface area contributed by atoms with Gasteiger partial charge < -0.3 is 14.2 Å². The Kier molecular flexibility index (Phi) is 10.3. The molecule has 1 atom stereocenters. The molecule has 146 valence electrons. The van der Waals surface area contributed by atoms with Crippen LogP contribution in [0.5, 0.6) is 0 Å². The molecule has 0 aliphatic carbocycles. The molecule has 0 radical (unpaired) electrons. The third-order valence-corrected chi connectivity index (χ3v) is 5.84. The summed E-state index contributed by atoms with van der Waals surface area (Å²) >= 11 is 7.32. The molecule has 1 aromatic heterocycles. The Hall–Kier alpha value is 0.420. The molecule has 0 aliphatic rings. The summed E-state index contributed by atoms with van der Waals surface area (Å²) in [5, 5.41) is 7.15. The molecular weight excluding hydrogens is 511 g/mol. The number of aromatic nitrogens is 2. The number of hydrogen-bond donors (Lipinski definition) is 3. The van der Waals surface area contributed by atoms with Crippen LogP contribution in [0.15, 0.2) is 57.4 Å². The molecule has 13 heteroatoms. The predicted octanol–water partition coefficient (Wildman–Crippen LogP) is 3.45. The molecule has 3 rings (SSSR count). The van der Waals surface area contributed by atoms with Crippen molar-refractivity contribution >= 4 is 95.3 Å². The number of nitrogens with zero attached hydrogens (tertiary/aromatic N) is 2. The molecule has 3 aromatic rings. The number of rotatable bonds is 5. The zero-order valence-corrected chi connectivity index (χ0v) is 16.7. The standard InChI is InChI=1S/C16H12BrF2N2O4PS.2Na.2H/c17-12-8-10(6-7-11(12)16(18,19)26(22,23)24)13(27)15-21-20-14(25-15)9-4-2-1-3-5-9;;;;/h1-8,13,27H,(H2,22,23,24);;;;. The van der Waals surface area contributed by atoms with Crippen LogP contribution in [0.2, 0.25) is 0 Å². The maximum absolute atomic E-state index is 13.9. The van der Waals surface area contributed by atoms with Crippen molar-refractivity contribution in [1.29, 1.82) is 0 Å². The Balaban J connectivity index is 0.00000210. The molecule has 6 nitrogen and oxygen atoms in total. The third kappa shape index (κ3) is 6.02. The van der Waals surface area contributed by atoms with E-state index >= 15 is 0 Å². The van der Waals surface area contributed by atoms with Gasteiger partial charge in [0.05, 0.1) is 0 Å². The fourth-order valence-corrected chi connectivity index (χ4v) is 3.86. The van der Waals surface area contributed by atoms with Gasteiger partial charge in [0, 0.05) is 15.6 Å². The summed E-state index contributed by atoms with van der Waals surface area (Å²) in [7, 11) is -5.67. The van der Waals surface area contributed by atoms with Crippen LogP contribution >= 0.6 is 36.2 Å². The van der Waals surface area contributed by atoms with E-state index in [0.717, 1.165) is 11.6 Å². The van der Waals surface area contributed by atoms with Gasteiger partial charge in [-0.25, -0.2) is 0 Å². The number of thiol groups is 1. The van der Waals surface area contributed by atoms with Crippen LogP contribution in [-0.4, -0.2) is 79.1 Å². The Morgan fingerprint density at radius 3 is 2.28 bits per heavy atom. The van der Waals surface area contributed by atoms with Crippen molar-refractivity contribution in [3.63, 3.8) is 0 Å². The molecule has 0 aliphatic heterocycles. The second kappa shape index (κ2) is 10.8. The molecule has 0 fully saturated rings. The van der Waals surface area contributed by atoms with Gasteiger partial charge in [-0.05, 0) is 23.8 Å². The van der Waals surface area contributed by atoms with Crippen LogP contribution in [0.1, 0.15) is 22.3 Å². The number of alkyl halides is 2. The minimum atomic E-state index is -5.67. The second-order valence-electron chi connectivity index (χ2n) is 5.54. The summed E-state index contributed by atoms with van der Waals surface area (Å²) in [4.78, 5) is 17.8. The van der Waals surface area contributed by atoms with Crippen molar-refractivity contribution in [2.45, 2.75) is 10.9 Å². The monoisotopic (exact) mass is 524 g/mol. The molecule has 0 spiro atoms. The van der Waals surface area contributed by atoms with Gasteiger partial charge >= 0.3 is 72.4 Å². The van der Waals surface area contributed by atoms with E-state index in [4.69, 9.17) is 14.2 Å². The van der Waals surface area contributed by atoms with E-state index < -0.39 is 24.1 Å². The molecule has 1 heterocycles. The van der Waals surface area contributed by atoms with Crippen molar-refractivity contribution in [1.82, 2.24) is 10.2 Å². The van der Waals surface area contributed by atoms with Crippen molar-refractivity contribution in [3.8, 4) is 11.5 Å². The van der Waals surface area contributed by atoms with Gasteiger partial charge in [-0.15, -0.1) is 10.2 Å². The topological polar surface area (TPSA) is 96.5 Å². The Bertz CT molecular complexity index is 1020. The first kappa shape index (κ1) is 27.5. The first-order chi connectivity index (χ1) is 12.6. The number of halogens is 3. The van der Waals surface area contributed by atoms with Crippen LogP contribution in [0.25, 0.3) is 11.5 Å². The summed E-state index contributed by atoms with van der Waals surface area (Å²) in [6.07, 6.45) is 0. The quantitative estimate of drug-likeness (QED) is 0.269. The van der Waals surface area contributed by atoms with E-state index in [2.05, 4.69) is 38.8 Å². The molecule has 2 aromatic carbocycles. The van der Waals surface area contributed by atoms with Crippen LogP contribution in [-0.2, 0) is 10.2 Å². The summed E-state index contributed by atoms with van der Waals surface area (Å²) < 4.78 is 44.3. The normalized spacial score (nSPS) is 12.6. The summed E-state index contributed by atoms with van der Waals surface area (Å²) in [5.41, 5.74) is -3.99. The fraction of sp³-hybridized carbons (Fsp3) is 0.125. The average molecular weight is 525 g/mol. The summed E-state index contributed by atoms with van der Waals surface area (Å²) in [6.45, 7) is 0. The predicted molar refractivity (Wildman–Crippen MR) is 115 cm³/mol. The third-order valence-electron chi connectivity index (χ3n) is 3.69. The van der Waals surface area contributed by atoms with Gasteiger partial charge in [0.15, 0.2) is 0 Å². The second-order valence-corrected chi connectivity index (χ2v) is 8.56. The van der Waals surface area contributed by atoms with E-state index in [1.54, 1.807) is 12.1 Å². The Labute approximate surface area is 223 Å². The van der Waals surface area contributed by atoms with Crippen LogP contribution in [0.4, 0.5) is 8.78 Å². The first-order valence-corrected chi connectivity index (χ1v) is 10.3.